The van der Waals surface area contributed by atoms with Crippen molar-refractivity contribution in [3.05, 3.63) is 12.3 Å². The van der Waals surface area contributed by atoms with E-state index in [4.69, 9.17) is 5.73 Å². The average Bonchev–Trinajstić information content (AvgIpc) is 2.04. The summed E-state index contributed by atoms with van der Waals surface area (Å²) >= 11 is 1.48. The van der Waals surface area contributed by atoms with Crippen molar-refractivity contribution in [2.24, 2.45) is 0 Å². The number of aromatic nitrogens is 2. The molecule has 3 N–H and O–H groups in total. The monoisotopic (exact) mass is 199 g/mol. The van der Waals surface area contributed by atoms with Crippen LogP contribution in [0.25, 0.3) is 0 Å². The fourth-order valence-corrected chi connectivity index (χ4v) is 1.57. The molecule has 0 aliphatic carbocycles. The van der Waals surface area contributed by atoms with E-state index in [9.17, 15) is 5.11 Å². The second-order valence-electron chi connectivity index (χ2n) is 2.82. The Balaban J connectivity index is 2.64. The van der Waals surface area contributed by atoms with E-state index in [1.165, 1.54) is 11.8 Å². The number of rotatable bonds is 3. The number of aliphatic hydroxyl groups is 1. The van der Waals surface area contributed by atoms with Gasteiger partial charge < -0.3 is 10.8 Å². The summed E-state index contributed by atoms with van der Waals surface area (Å²) in [6.45, 7) is 3.69. The maximum atomic E-state index is 9.26. The number of aliphatic hydroxyl groups excluding tert-OH is 1. The normalized spacial score (nSPS) is 15.3. The highest BCUT2D eigenvalue weighted by atomic mass is 32.2. The first-order chi connectivity index (χ1) is 6.09. The lowest BCUT2D eigenvalue weighted by Crippen LogP contribution is -2.15. The van der Waals surface area contributed by atoms with Crippen molar-refractivity contribution in [1.82, 2.24) is 9.97 Å². The molecule has 1 aromatic heterocycles. The van der Waals surface area contributed by atoms with Crippen LogP contribution < -0.4 is 5.73 Å². The summed E-state index contributed by atoms with van der Waals surface area (Å²) < 4.78 is 0. The molecule has 0 aromatic carbocycles. The van der Waals surface area contributed by atoms with Crippen molar-refractivity contribution >= 4 is 17.7 Å². The van der Waals surface area contributed by atoms with E-state index in [2.05, 4.69) is 9.97 Å². The van der Waals surface area contributed by atoms with Crippen LogP contribution in [0.15, 0.2) is 17.3 Å². The molecule has 0 bridgehead atoms. The Kier molecular flexibility index (Phi) is 3.50. The molecule has 13 heavy (non-hydrogen) atoms. The second kappa shape index (κ2) is 4.43. The van der Waals surface area contributed by atoms with Crippen molar-refractivity contribution in [3.63, 3.8) is 0 Å². The van der Waals surface area contributed by atoms with Crippen molar-refractivity contribution in [1.29, 1.82) is 0 Å². The first kappa shape index (κ1) is 10.3. The number of anilines is 1. The summed E-state index contributed by atoms with van der Waals surface area (Å²) in [6, 6.07) is 1.78. The van der Waals surface area contributed by atoms with Gasteiger partial charge in [0.2, 0.25) is 5.95 Å². The quantitative estimate of drug-likeness (QED) is 0.559. The lowest BCUT2D eigenvalue weighted by molar-refractivity contribution is 0.196. The second-order valence-corrected chi connectivity index (χ2v) is 4.21. The fourth-order valence-electron chi connectivity index (χ4n) is 0.711. The number of hydrogen-bond acceptors (Lipinski definition) is 5. The minimum absolute atomic E-state index is 0.106. The van der Waals surface area contributed by atoms with Crippen LogP contribution >= 0.6 is 11.8 Å². The van der Waals surface area contributed by atoms with E-state index in [0.717, 1.165) is 5.03 Å². The lowest BCUT2D eigenvalue weighted by Gasteiger charge is -2.12. The Morgan fingerprint density at radius 3 is 2.77 bits per heavy atom. The van der Waals surface area contributed by atoms with Gasteiger partial charge in [-0.1, -0.05) is 6.92 Å². The van der Waals surface area contributed by atoms with Crippen molar-refractivity contribution in [2.45, 2.75) is 30.2 Å². The molecule has 0 amide bonds. The highest BCUT2D eigenvalue weighted by Gasteiger charge is 2.10. The average molecular weight is 199 g/mol. The number of nitrogens with two attached hydrogens (primary N) is 1. The van der Waals surface area contributed by atoms with Gasteiger partial charge in [0.15, 0.2) is 0 Å². The van der Waals surface area contributed by atoms with Gasteiger partial charge in [0.25, 0.3) is 0 Å². The molecule has 0 saturated carbocycles. The Morgan fingerprint density at radius 1 is 1.54 bits per heavy atom. The molecule has 0 spiro atoms. The summed E-state index contributed by atoms with van der Waals surface area (Å²) in [5.41, 5.74) is 5.41. The highest BCUT2D eigenvalue weighted by molar-refractivity contribution is 7.99. The first-order valence-corrected chi connectivity index (χ1v) is 4.91. The lowest BCUT2D eigenvalue weighted by atomic mass is 10.3. The van der Waals surface area contributed by atoms with Gasteiger partial charge in [-0.3, -0.25) is 0 Å². The third-order valence-electron chi connectivity index (χ3n) is 1.63. The van der Waals surface area contributed by atoms with E-state index in [0.29, 0.717) is 0 Å². The van der Waals surface area contributed by atoms with Crippen LogP contribution in [0.5, 0.6) is 0 Å². The van der Waals surface area contributed by atoms with Crippen LogP contribution in [-0.4, -0.2) is 26.4 Å². The molecule has 2 unspecified atom stereocenters. The minimum Gasteiger partial charge on any atom is -0.392 e. The number of nitrogens with zero attached hydrogens (tertiary/aromatic N) is 2. The maximum Gasteiger partial charge on any atom is 0.221 e. The van der Waals surface area contributed by atoms with Gasteiger partial charge in [0, 0.05) is 11.4 Å². The summed E-state index contributed by atoms with van der Waals surface area (Å²) in [4.78, 5) is 7.80. The van der Waals surface area contributed by atoms with E-state index in [1.807, 2.05) is 6.92 Å². The highest BCUT2D eigenvalue weighted by Crippen LogP contribution is 2.22. The molecule has 2 atom stereocenters. The molecule has 0 fully saturated rings. The minimum atomic E-state index is -0.360. The predicted octanol–water partition coefficient (Wildman–Crippen LogP) is 0.920. The summed E-state index contributed by atoms with van der Waals surface area (Å²) in [5.74, 6) is 0.266. The Bertz CT molecular complexity index is 280. The van der Waals surface area contributed by atoms with E-state index in [-0.39, 0.29) is 17.3 Å². The van der Waals surface area contributed by atoms with Crippen LogP contribution in [0, 0.1) is 0 Å². The van der Waals surface area contributed by atoms with E-state index < -0.39 is 0 Å². The van der Waals surface area contributed by atoms with Crippen molar-refractivity contribution in [3.8, 4) is 0 Å². The zero-order valence-electron chi connectivity index (χ0n) is 7.64. The molecule has 1 aromatic rings. The van der Waals surface area contributed by atoms with Gasteiger partial charge in [-0.05, 0) is 13.0 Å². The standard InChI is InChI=1S/C8H13N3OS/c1-5(12)6(2)13-7-3-4-10-8(9)11-7/h3-6,12H,1-2H3,(H2,9,10,11). The molecule has 4 nitrogen and oxygen atoms in total. The van der Waals surface area contributed by atoms with Crippen LogP contribution in [-0.2, 0) is 0 Å². The number of thioether (sulfide) groups is 1. The van der Waals surface area contributed by atoms with E-state index >= 15 is 0 Å². The molecule has 72 valence electrons. The fraction of sp³-hybridized carbons (Fsp3) is 0.500. The topological polar surface area (TPSA) is 72.0 Å². The summed E-state index contributed by atoms with van der Waals surface area (Å²) in [6.07, 6.45) is 1.25. The van der Waals surface area contributed by atoms with Crippen molar-refractivity contribution < 1.29 is 5.11 Å². The van der Waals surface area contributed by atoms with Crippen LogP contribution in [0.4, 0.5) is 5.95 Å². The third kappa shape index (κ3) is 3.20. The molecule has 0 radical (unpaired) electrons. The molecular weight excluding hydrogens is 186 g/mol. The van der Waals surface area contributed by atoms with Gasteiger partial charge in [-0.2, -0.15) is 0 Å². The third-order valence-corrected chi connectivity index (χ3v) is 2.87. The zero-order chi connectivity index (χ0) is 9.84. The molecule has 0 aliphatic rings. The molecule has 0 aliphatic heterocycles. The molecule has 1 heterocycles. The first-order valence-electron chi connectivity index (χ1n) is 4.03. The Labute approximate surface area is 81.6 Å². The van der Waals surface area contributed by atoms with Crippen LogP contribution in [0.3, 0.4) is 0 Å². The summed E-state index contributed by atoms with van der Waals surface area (Å²) in [7, 11) is 0. The molecule has 0 saturated heterocycles. The maximum absolute atomic E-state index is 9.26. The molecule has 5 heteroatoms. The SMILES string of the molecule is CC(O)C(C)Sc1ccnc(N)n1. The Hall–Kier alpha value is -0.810. The van der Waals surface area contributed by atoms with E-state index in [1.54, 1.807) is 19.2 Å². The van der Waals surface area contributed by atoms with Crippen LogP contribution in [0.1, 0.15) is 13.8 Å². The van der Waals surface area contributed by atoms with Crippen molar-refractivity contribution in [2.75, 3.05) is 5.73 Å². The van der Waals surface area contributed by atoms with Gasteiger partial charge in [0.1, 0.15) is 5.03 Å². The van der Waals surface area contributed by atoms with Gasteiger partial charge >= 0.3 is 0 Å². The Morgan fingerprint density at radius 2 is 2.23 bits per heavy atom. The molecule has 1 rings (SSSR count). The largest absolute Gasteiger partial charge is 0.392 e. The van der Waals surface area contributed by atoms with Gasteiger partial charge in [-0.15, -0.1) is 11.8 Å². The number of nitrogen functional groups attached to an aromatic ring is 1. The smallest absolute Gasteiger partial charge is 0.221 e. The predicted molar refractivity (Wildman–Crippen MR) is 53.4 cm³/mol. The van der Waals surface area contributed by atoms with Gasteiger partial charge in [0.05, 0.1) is 6.10 Å². The van der Waals surface area contributed by atoms with Crippen LogP contribution in [0.2, 0.25) is 0 Å². The van der Waals surface area contributed by atoms with Gasteiger partial charge in [-0.25, -0.2) is 9.97 Å². The zero-order valence-corrected chi connectivity index (χ0v) is 8.45. The molecular formula is C8H13N3OS. The number of hydrogen-bond donors (Lipinski definition) is 2. The summed E-state index contributed by atoms with van der Waals surface area (Å²) in [5, 5.41) is 10.2.